The van der Waals surface area contributed by atoms with E-state index >= 15 is 0 Å². The lowest BCUT2D eigenvalue weighted by atomic mass is 10.1. The molecule has 0 unspecified atom stereocenters. The highest BCUT2D eigenvalue weighted by Crippen LogP contribution is 2.23. The molecule has 0 radical (unpaired) electrons. The molecule has 1 aromatic carbocycles. The number of rotatable bonds is 4. The Labute approximate surface area is 105 Å². The maximum Gasteiger partial charge on any atom is 0.257 e. The Morgan fingerprint density at radius 1 is 1.56 bits per heavy atom. The molecule has 0 heterocycles. The van der Waals surface area contributed by atoms with Crippen LogP contribution in [-0.2, 0) is 0 Å². The van der Waals surface area contributed by atoms with Crippen molar-refractivity contribution in [3.05, 3.63) is 28.8 Å². The third kappa shape index (κ3) is 3.06. The van der Waals surface area contributed by atoms with Gasteiger partial charge in [0.1, 0.15) is 0 Å². The van der Waals surface area contributed by atoms with E-state index in [9.17, 15) is 4.79 Å². The molecule has 1 aromatic rings. The first kappa shape index (κ1) is 13.2. The van der Waals surface area contributed by atoms with Gasteiger partial charge in [0.15, 0.2) is 0 Å². The van der Waals surface area contributed by atoms with Gasteiger partial charge in [-0.1, -0.05) is 17.7 Å². The summed E-state index contributed by atoms with van der Waals surface area (Å²) in [5.74, 6) is 0.768. The summed E-state index contributed by atoms with van der Waals surface area (Å²) in [7, 11) is 1.75. The van der Waals surface area contributed by atoms with Gasteiger partial charge in [-0.25, -0.2) is 0 Å². The number of carbonyl (C=O) groups excluding carboxylic acids is 1. The van der Waals surface area contributed by atoms with E-state index in [0.717, 1.165) is 5.75 Å². The van der Waals surface area contributed by atoms with Crippen molar-refractivity contribution in [2.75, 3.05) is 31.3 Å². The summed E-state index contributed by atoms with van der Waals surface area (Å²) in [5.41, 5.74) is 6.57. The molecule has 1 rings (SSSR count). The van der Waals surface area contributed by atoms with Crippen LogP contribution in [0.5, 0.6) is 0 Å². The topological polar surface area (TPSA) is 46.3 Å². The third-order valence-electron chi connectivity index (χ3n) is 2.24. The minimum atomic E-state index is -0.128. The Bertz CT molecular complexity index is 364. The Hall–Kier alpha value is -0.870. The van der Waals surface area contributed by atoms with Crippen LogP contribution in [0, 0.1) is 0 Å². The average molecular weight is 259 g/mol. The van der Waals surface area contributed by atoms with Gasteiger partial charge in [0.2, 0.25) is 0 Å². The van der Waals surface area contributed by atoms with Crippen LogP contribution in [0.1, 0.15) is 10.4 Å². The smallest absolute Gasteiger partial charge is 0.257 e. The third-order valence-corrected chi connectivity index (χ3v) is 3.14. The van der Waals surface area contributed by atoms with E-state index < -0.39 is 0 Å². The molecule has 5 heteroatoms. The molecule has 1 amide bonds. The summed E-state index contributed by atoms with van der Waals surface area (Å²) < 4.78 is 0. The van der Waals surface area contributed by atoms with Crippen LogP contribution < -0.4 is 5.73 Å². The van der Waals surface area contributed by atoms with Gasteiger partial charge in [-0.2, -0.15) is 11.8 Å². The highest BCUT2D eigenvalue weighted by Gasteiger charge is 2.17. The van der Waals surface area contributed by atoms with E-state index in [-0.39, 0.29) is 5.91 Å². The van der Waals surface area contributed by atoms with E-state index in [1.54, 1.807) is 41.9 Å². The Balaban J connectivity index is 2.87. The lowest BCUT2D eigenvalue weighted by molar-refractivity contribution is 0.0805. The Morgan fingerprint density at radius 2 is 2.25 bits per heavy atom. The number of halogens is 1. The predicted molar refractivity (Wildman–Crippen MR) is 71.2 cm³/mol. The molecule has 0 fully saturated rings. The van der Waals surface area contributed by atoms with Crippen molar-refractivity contribution in [1.29, 1.82) is 0 Å². The van der Waals surface area contributed by atoms with Gasteiger partial charge in [0.05, 0.1) is 10.6 Å². The number of hydrogen-bond donors (Lipinski definition) is 1. The van der Waals surface area contributed by atoms with Gasteiger partial charge in [0, 0.05) is 25.0 Å². The van der Waals surface area contributed by atoms with Crippen LogP contribution in [0.2, 0.25) is 5.02 Å². The summed E-state index contributed by atoms with van der Waals surface area (Å²) in [5, 5.41) is 0.404. The highest BCUT2D eigenvalue weighted by molar-refractivity contribution is 7.98. The van der Waals surface area contributed by atoms with Crippen molar-refractivity contribution in [3.63, 3.8) is 0 Å². The maximum atomic E-state index is 12.0. The van der Waals surface area contributed by atoms with Crippen LogP contribution >= 0.6 is 23.4 Å². The highest BCUT2D eigenvalue weighted by atomic mass is 35.5. The van der Waals surface area contributed by atoms with Crippen molar-refractivity contribution in [3.8, 4) is 0 Å². The summed E-state index contributed by atoms with van der Waals surface area (Å²) in [6.07, 6.45) is 2.00. The molecular formula is C11H15ClN2OS. The number of amides is 1. The van der Waals surface area contributed by atoms with Crippen molar-refractivity contribution in [1.82, 2.24) is 4.90 Å². The summed E-state index contributed by atoms with van der Waals surface area (Å²) >= 11 is 7.66. The first-order valence-electron chi connectivity index (χ1n) is 4.86. The van der Waals surface area contributed by atoms with Crippen molar-refractivity contribution in [2.24, 2.45) is 0 Å². The molecule has 0 saturated heterocycles. The van der Waals surface area contributed by atoms with Crippen LogP contribution in [0.15, 0.2) is 18.2 Å². The number of carbonyl (C=O) groups is 1. The second-order valence-electron chi connectivity index (χ2n) is 3.42. The molecule has 16 heavy (non-hydrogen) atoms. The van der Waals surface area contributed by atoms with Gasteiger partial charge in [-0.05, 0) is 18.4 Å². The molecule has 0 spiro atoms. The van der Waals surface area contributed by atoms with E-state index in [1.165, 1.54) is 0 Å². The number of benzene rings is 1. The fraction of sp³-hybridized carbons (Fsp3) is 0.364. The molecular weight excluding hydrogens is 244 g/mol. The zero-order valence-corrected chi connectivity index (χ0v) is 10.9. The van der Waals surface area contributed by atoms with Crippen molar-refractivity contribution in [2.45, 2.75) is 0 Å². The van der Waals surface area contributed by atoms with E-state index in [2.05, 4.69) is 0 Å². The average Bonchev–Trinajstić information content (AvgIpc) is 2.25. The minimum absolute atomic E-state index is 0.128. The zero-order valence-electron chi connectivity index (χ0n) is 9.37. The maximum absolute atomic E-state index is 12.0. The minimum Gasteiger partial charge on any atom is -0.398 e. The standard InChI is InChI=1S/C11H15ClN2OS/c1-14(6-7-16-2)11(15)10-8(12)4-3-5-9(10)13/h3-5H,6-7,13H2,1-2H3. The largest absolute Gasteiger partial charge is 0.398 e. The van der Waals surface area contributed by atoms with Crippen molar-refractivity contribution < 1.29 is 4.79 Å². The fourth-order valence-corrected chi connectivity index (χ4v) is 2.01. The number of anilines is 1. The first-order chi connectivity index (χ1) is 7.57. The fourth-order valence-electron chi connectivity index (χ4n) is 1.29. The van der Waals surface area contributed by atoms with Crippen LogP contribution in [-0.4, -0.2) is 36.4 Å². The molecule has 0 bridgehead atoms. The Morgan fingerprint density at radius 3 is 2.81 bits per heavy atom. The van der Waals surface area contributed by atoms with Gasteiger partial charge in [0.25, 0.3) is 5.91 Å². The van der Waals surface area contributed by atoms with Crippen LogP contribution in [0.25, 0.3) is 0 Å². The number of nitrogens with two attached hydrogens (primary N) is 1. The number of thioether (sulfide) groups is 1. The number of nitrogens with zero attached hydrogens (tertiary/aromatic N) is 1. The van der Waals surface area contributed by atoms with E-state index in [0.29, 0.717) is 22.8 Å². The van der Waals surface area contributed by atoms with E-state index in [1.807, 2.05) is 6.26 Å². The number of hydrogen-bond acceptors (Lipinski definition) is 3. The van der Waals surface area contributed by atoms with Gasteiger partial charge >= 0.3 is 0 Å². The molecule has 0 saturated carbocycles. The summed E-state index contributed by atoms with van der Waals surface area (Å²) in [4.78, 5) is 13.7. The van der Waals surface area contributed by atoms with Crippen molar-refractivity contribution >= 4 is 35.0 Å². The van der Waals surface area contributed by atoms with E-state index in [4.69, 9.17) is 17.3 Å². The SMILES string of the molecule is CSCCN(C)C(=O)c1c(N)cccc1Cl. The molecule has 88 valence electrons. The van der Waals surface area contributed by atoms with Gasteiger partial charge in [-0.3, -0.25) is 4.79 Å². The monoisotopic (exact) mass is 258 g/mol. The second-order valence-corrected chi connectivity index (χ2v) is 4.82. The summed E-state index contributed by atoms with van der Waals surface area (Å²) in [6, 6.07) is 5.09. The molecule has 0 aliphatic heterocycles. The zero-order chi connectivity index (χ0) is 12.1. The van der Waals surface area contributed by atoms with Crippen LogP contribution in [0.3, 0.4) is 0 Å². The molecule has 3 nitrogen and oxygen atoms in total. The molecule has 0 aliphatic carbocycles. The lowest BCUT2D eigenvalue weighted by Crippen LogP contribution is -2.29. The quantitative estimate of drug-likeness (QED) is 0.844. The Kier molecular flexibility index (Phi) is 4.96. The molecule has 2 N–H and O–H groups in total. The number of nitrogen functional groups attached to an aromatic ring is 1. The molecule has 0 aliphatic rings. The molecule has 0 aromatic heterocycles. The lowest BCUT2D eigenvalue weighted by Gasteiger charge is -2.18. The van der Waals surface area contributed by atoms with Gasteiger partial charge in [-0.15, -0.1) is 0 Å². The second kappa shape index (κ2) is 6.01. The summed E-state index contributed by atoms with van der Waals surface area (Å²) in [6.45, 7) is 0.685. The van der Waals surface area contributed by atoms with Crippen LogP contribution in [0.4, 0.5) is 5.69 Å². The van der Waals surface area contributed by atoms with Gasteiger partial charge < -0.3 is 10.6 Å². The predicted octanol–water partition coefficient (Wildman–Crippen LogP) is 2.36. The normalized spacial score (nSPS) is 10.2. The molecule has 0 atom stereocenters. The first-order valence-corrected chi connectivity index (χ1v) is 6.63.